The van der Waals surface area contributed by atoms with Crippen LogP contribution in [0.4, 0.5) is 10.1 Å². The molecule has 0 amide bonds. The molecule has 3 nitrogen and oxygen atoms in total. The average Bonchev–Trinajstić information content (AvgIpc) is 2.32. The normalized spacial score (nSPS) is 11.4. The Hall–Kier alpha value is -1.11. The highest BCUT2D eigenvalue weighted by molar-refractivity contribution is 9.10. The van der Waals surface area contributed by atoms with Crippen molar-refractivity contribution < 1.29 is 12.8 Å². The fourth-order valence-corrected chi connectivity index (χ4v) is 3.62. The van der Waals surface area contributed by atoms with Crippen molar-refractivity contribution in [1.82, 2.24) is 0 Å². The zero-order chi connectivity index (χ0) is 14.9. The second kappa shape index (κ2) is 5.71. The molecule has 0 unspecified atom stereocenters. The van der Waals surface area contributed by atoms with Crippen molar-refractivity contribution in [3.63, 3.8) is 0 Å². The second-order valence-electron chi connectivity index (χ2n) is 4.16. The summed E-state index contributed by atoms with van der Waals surface area (Å²) >= 11 is 8.87. The molecule has 0 saturated heterocycles. The molecular weight excluding hydrogens is 369 g/mol. The van der Waals surface area contributed by atoms with Crippen LogP contribution in [0.5, 0.6) is 0 Å². The second-order valence-corrected chi connectivity index (χ2v) is 7.11. The predicted molar refractivity (Wildman–Crippen MR) is 81.1 cm³/mol. The summed E-state index contributed by atoms with van der Waals surface area (Å²) in [6.07, 6.45) is 0. The van der Waals surface area contributed by atoms with Crippen molar-refractivity contribution in [3.05, 3.63) is 57.3 Å². The zero-order valence-electron chi connectivity index (χ0n) is 10.3. The summed E-state index contributed by atoms with van der Waals surface area (Å²) in [5.41, 5.74) is 1.31. The number of halogens is 3. The van der Waals surface area contributed by atoms with E-state index in [-0.39, 0.29) is 5.02 Å². The fourth-order valence-electron chi connectivity index (χ4n) is 1.60. The third-order valence-corrected chi connectivity index (χ3v) is 4.84. The molecule has 0 atom stereocenters. The minimum atomic E-state index is -4.01. The minimum Gasteiger partial charge on any atom is -0.278 e. The van der Waals surface area contributed by atoms with Gasteiger partial charge in [-0.25, -0.2) is 12.8 Å². The maximum atomic E-state index is 13.7. The first-order valence-electron chi connectivity index (χ1n) is 5.53. The van der Waals surface area contributed by atoms with Gasteiger partial charge in [0.15, 0.2) is 0 Å². The lowest BCUT2D eigenvalue weighted by atomic mass is 10.2. The van der Waals surface area contributed by atoms with E-state index in [4.69, 9.17) is 11.6 Å². The van der Waals surface area contributed by atoms with E-state index in [0.717, 1.165) is 17.7 Å². The quantitative estimate of drug-likeness (QED) is 0.863. The average molecular weight is 379 g/mol. The SMILES string of the molecule is Cc1ccc(NS(=O)(=O)c2ccc(Cl)cc2F)c(Br)c1. The fraction of sp³-hybridized carbons (Fsp3) is 0.0769. The number of hydrogen-bond acceptors (Lipinski definition) is 2. The molecule has 0 aliphatic heterocycles. The van der Waals surface area contributed by atoms with Crippen LogP contribution in [0.15, 0.2) is 45.8 Å². The van der Waals surface area contributed by atoms with E-state index in [1.807, 2.05) is 6.92 Å². The number of rotatable bonds is 3. The summed E-state index contributed by atoms with van der Waals surface area (Å²) in [5, 5.41) is 0.137. The van der Waals surface area contributed by atoms with Crippen molar-refractivity contribution >= 4 is 43.2 Å². The number of hydrogen-bond donors (Lipinski definition) is 1. The predicted octanol–water partition coefficient (Wildman–Crippen LogP) is 4.35. The molecule has 0 aliphatic carbocycles. The molecule has 20 heavy (non-hydrogen) atoms. The molecule has 0 fully saturated rings. The summed E-state index contributed by atoms with van der Waals surface area (Å²) in [4.78, 5) is -0.450. The first-order chi connectivity index (χ1) is 9.29. The number of benzene rings is 2. The zero-order valence-corrected chi connectivity index (χ0v) is 13.5. The van der Waals surface area contributed by atoms with E-state index in [0.29, 0.717) is 10.2 Å². The molecule has 0 heterocycles. The number of anilines is 1. The van der Waals surface area contributed by atoms with Crippen LogP contribution in [0.3, 0.4) is 0 Å². The van der Waals surface area contributed by atoms with Crippen LogP contribution >= 0.6 is 27.5 Å². The van der Waals surface area contributed by atoms with Gasteiger partial charge in [0.1, 0.15) is 10.7 Å². The van der Waals surface area contributed by atoms with Gasteiger partial charge in [0, 0.05) is 9.50 Å². The van der Waals surface area contributed by atoms with Crippen LogP contribution in [-0.4, -0.2) is 8.42 Å². The molecule has 0 aliphatic rings. The third kappa shape index (κ3) is 3.31. The van der Waals surface area contributed by atoms with Crippen molar-refractivity contribution in [2.75, 3.05) is 4.72 Å². The number of aryl methyl sites for hydroxylation is 1. The first kappa shape index (κ1) is 15.3. The van der Waals surface area contributed by atoms with E-state index >= 15 is 0 Å². The van der Waals surface area contributed by atoms with Gasteiger partial charge in [-0.1, -0.05) is 17.7 Å². The smallest absolute Gasteiger partial charge is 0.264 e. The largest absolute Gasteiger partial charge is 0.278 e. The number of nitrogens with one attached hydrogen (secondary N) is 1. The highest BCUT2D eigenvalue weighted by atomic mass is 79.9. The Morgan fingerprint density at radius 1 is 1.20 bits per heavy atom. The van der Waals surface area contributed by atoms with Crippen LogP contribution in [-0.2, 0) is 10.0 Å². The van der Waals surface area contributed by atoms with E-state index < -0.39 is 20.7 Å². The van der Waals surface area contributed by atoms with E-state index in [9.17, 15) is 12.8 Å². The monoisotopic (exact) mass is 377 g/mol. The van der Waals surface area contributed by atoms with Gasteiger partial charge in [0.2, 0.25) is 0 Å². The Labute approximate surface area is 130 Å². The van der Waals surface area contributed by atoms with E-state index in [1.165, 1.54) is 6.07 Å². The lowest BCUT2D eigenvalue weighted by molar-refractivity contribution is 0.570. The molecule has 0 aromatic heterocycles. The Kier molecular flexibility index (Phi) is 4.36. The molecule has 106 valence electrons. The maximum Gasteiger partial charge on any atom is 0.264 e. The van der Waals surface area contributed by atoms with Crippen molar-refractivity contribution in [1.29, 1.82) is 0 Å². The Balaban J connectivity index is 2.41. The standard InChI is InChI=1S/C13H10BrClFNO2S/c1-8-2-4-12(10(14)6-8)17-20(18,19)13-5-3-9(15)7-11(13)16/h2-7,17H,1H3. The third-order valence-electron chi connectivity index (χ3n) is 2.55. The van der Waals surface area contributed by atoms with Gasteiger partial charge in [-0.3, -0.25) is 4.72 Å². The van der Waals surface area contributed by atoms with Crippen LogP contribution in [0.1, 0.15) is 5.56 Å². The lowest BCUT2D eigenvalue weighted by Gasteiger charge is -2.11. The van der Waals surface area contributed by atoms with E-state index in [2.05, 4.69) is 20.7 Å². The molecule has 1 N–H and O–H groups in total. The minimum absolute atomic E-state index is 0.137. The molecule has 0 bridgehead atoms. The summed E-state index contributed by atoms with van der Waals surface area (Å²) in [6, 6.07) is 8.52. The first-order valence-corrected chi connectivity index (χ1v) is 8.19. The van der Waals surface area contributed by atoms with Crippen LogP contribution in [0.2, 0.25) is 5.02 Å². The molecule has 2 rings (SSSR count). The number of sulfonamides is 1. The summed E-state index contributed by atoms with van der Waals surface area (Å²) in [7, 11) is -4.01. The van der Waals surface area contributed by atoms with Crippen molar-refractivity contribution in [3.8, 4) is 0 Å². The van der Waals surface area contributed by atoms with Gasteiger partial charge in [0.05, 0.1) is 5.69 Å². The molecule has 2 aromatic carbocycles. The van der Waals surface area contributed by atoms with E-state index in [1.54, 1.807) is 18.2 Å². The molecule has 0 radical (unpaired) electrons. The van der Waals surface area contributed by atoms with Crippen LogP contribution < -0.4 is 4.72 Å². The highest BCUT2D eigenvalue weighted by Crippen LogP contribution is 2.27. The molecule has 0 spiro atoms. The van der Waals surface area contributed by atoms with Crippen molar-refractivity contribution in [2.45, 2.75) is 11.8 Å². The molecule has 2 aromatic rings. The van der Waals surface area contributed by atoms with Gasteiger partial charge in [-0.05, 0) is 58.7 Å². The highest BCUT2D eigenvalue weighted by Gasteiger charge is 2.20. The summed E-state index contributed by atoms with van der Waals surface area (Å²) < 4.78 is 40.9. The Morgan fingerprint density at radius 3 is 2.50 bits per heavy atom. The summed E-state index contributed by atoms with van der Waals surface area (Å²) in [6.45, 7) is 1.88. The summed E-state index contributed by atoms with van der Waals surface area (Å²) in [5.74, 6) is -0.895. The van der Waals surface area contributed by atoms with Gasteiger partial charge in [0.25, 0.3) is 10.0 Å². The van der Waals surface area contributed by atoms with Crippen LogP contribution in [0, 0.1) is 12.7 Å². The van der Waals surface area contributed by atoms with Gasteiger partial charge in [-0.2, -0.15) is 0 Å². The topological polar surface area (TPSA) is 46.2 Å². The molecule has 7 heteroatoms. The van der Waals surface area contributed by atoms with Crippen molar-refractivity contribution in [2.24, 2.45) is 0 Å². The molecular formula is C13H10BrClFNO2S. The Bertz CT molecular complexity index is 765. The van der Waals surface area contributed by atoms with Gasteiger partial charge >= 0.3 is 0 Å². The maximum absolute atomic E-state index is 13.7. The Morgan fingerprint density at radius 2 is 1.90 bits per heavy atom. The molecule has 0 saturated carbocycles. The van der Waals surface area contributed by atoms with Gasteiger partial charge < -0.3 is 0 Å². The lowest BCUT2D eigenvalue weighted by Crippen LogP contribution is -2.15. The van der Waals surface area contributed by atoms with Crippen LogP contribution in [0.25, 0.3) is 0 Å². The van der Waals surface area contributed by atoms with Gasteiger partial charge in [-0.15, -0.1) is 0 Å².